The Bertz CT molecular complexity index is 718. The lowest BCUT2D eigenvalue weighted by Gasteiger charge is -2.12. The van der Waals surface area contributed by atoms with E-state index in [0.717, 1.165) is 28.3 Å². The van der Waals surface area contributed by atoms with Gasteiger partial charge in [-0.05, 0) is 24.6 Å². The zero-order valence-corrected chi connectivity index (χ0v) is 12.4. The van der Waals surface area contributed by atoms with E-state index < -0.39 is 6.10 Å². The van der Waals surface area contributed by atoms with E-state index in [9.17, 15) is 5.11 Å². The number of rotatable bonds is 6. The van der Waals surface area contributed by atoms with Crippen LogP contribution in [0.25, 0.3) is 11.5 Å². The summed E-state index contributed by atoms with van der Waals surface area (Å²) in [5, 5.41) is 20.4. The Hall–Kier alpha value is -2.37. The van der Waals surface area contributed by atoms with Crippen molar-refractivity contribution in [3.05, 3.63) is 65.5 Å². The summed E-state index contributed by atoms with van der Waals surface area (Å²) >= 11 is 0. The van der Waals surface area contributed by atoms with Crippen molar-refractivity contribution in [2.24, 2.45) is 0 Å². The van der Waals surface area contributed by atoms with E-state index >= 15 is 0 Å². The molecule has 2 aromatic heterocycles. The molecule has 0 saturated carbocycles. The molecule has 114 valence electrons. The third kappa shape index (κ3) is 3.27. The van der Waals surface area contributed by atoms with E-state index in [1.54, 1.807) is 6.20 Å². The second-order valence-corrected chi connectivity index (χ2v) is 5.24. The van der Waals surface area contributed by atoms with Crippen LogP contribution in [-0.2, 0) is 6.54 Å². The standard InChI is InChI=1S/C17H19N3O2/c1-12-7-8-16(22-12)17-14(10-19-20-17)9-18-11-15(21)13-5-3-2-4-6-13/h2-8,10,15,18,21H,9,11H2,1H3,(H,19,20). The first-order chi connectivity index (χ1) is 10.7. The summed E-state index contributed by atoms with van der Waals surface area (Å²) in [5.74, 6) is 1.64. The average molecular weight is 297 g/mol. The van der Waals surface area contributed by atoms with E-state index in [1.807, 2.05) is 49.4 Å². The molecule has 0 saturated heterocycles. The Balaban J connectivity index is 1.60. The van der Waals surface area contributed by atoms with Gasteiger partial charge in [-0.3, -0.25) is 5.10 Å². The Morgan fingerprint density at radius 1 is 1.23 bits per heavy atom. The Morgan fingerprint density at radius 3 is 2.77 bits per heavy atom. The van der Waals surface area contributed by atoms with Gasteiger partial charge in [-0.25, -0.2) is 0 Å². The minimum Gasteiger partial charge on any atom is -0.460 e. The first-order valence-electron chi connectivity index (χ1n) is 7.27. The molecule has 5 heteroatoms. The normalized spacial score (nSPS) is 12.5. The van der Waals surface area contributed by atoms with Gasteiger partial charge in [0.1, 0.15) is 11.5 Å². The zero-order chi connectivity index (χ0) is 15.4. The van der Waals surface area contributed by atoms with Crippen LogP contribution in [0.2, 0.25) is 0 Å². The first-order valence-corrected chi connectivity index (χ1v) is 7.27. The zero-order valence-electron chi connectivity index (χ0n) is 12.4. The fourth-order valence-electron chi connectivity index (χ4n) is 2.36. The summed E-state index contributed by atoms with van der Waals surface area (Å²) in [7, 11) is 0. The number of aromatic amines is 1. The van der Waals surface area contributed by atoms with Crippen LogP contribution in [0.5, 0.6) is 0 Å². The Kier molecular flexibility index (Phi) is 4.37. The fraction of sp³-hybridized carbons (Fsp3) is 0.235. The quantitative estimate of drug-likeness (QED) is 0.654. The molecule has 1 unspecified atom stereocenters. The van der Waals surface area contributed by atoms with E-state index in [2.05, 4.69) is 15.5 Å². The van der Waals surface area contributed by atoms with E-state index in [4.69, 9.17) is 4.42 Å². The van der Waals surface area contributed by atoms with E-state index in [-0.39, 0.29) is 0 Å². The van der Waals surface area contributed by atoms with Gasteiger partial charge >= 0.3 is 0 Å². The topological polar surface area (TPSA) is 74.1 Å². The van der Waals surface area contributed by atoms with Crippen molar-refractivity contribution >= 4 is 0 Å². The van der Waals surface area contributed by atoms with Gasteiger partial charge in [0.15, 0.2) is 5.76 Å². The summed E-state index contributed by atoms with van der Waals surface area (Å²) < 4.78 is 5.62. The highest BCUT2D eigenvalue weighted by atomic mass is 16.3. The van der Waals surface area contributed by atoms with Gasteiger partial charge in [0, 0.05) is 18.7 Å². The summed E-state index contributed by atoms with van der Waals surface area (Å²) in [6.07, 6.45) is 1.25. The van der Waals surface area contributed by atoms with Crippen molar-refractivity contribution in [1.29, 1.82) is 0 Å². The molecule has 0 aliphatic carbocycles. The van der Waals surface area contributed by atoms with Gasteiger partial charge in [-0.1, -0.05) is 30.3 Å². The molecule has 0 radical (unpaired) electrons. The van der Waals surface area contributed by atoms with Gasteiger partial charge in [-0.15, -0.1) is 0 Å². The molecule has 2 heterocycles. The predicted molar refractivity (Wildman–Crippen MR) is 84.1 cm³/mol. The number of furan rings is 1. The van der Waals surface area contributed by atoms with E-state index in [1.165, 1.54) is 0 Å². The first kappa shape index (κ1) is 14.6. The molecule has 0 spiro atoms. The molecule has 1 aromatic carbocycles. The van der Waals surface area contributed by atoms with Gasteiger partial charge in [0.25, 0.3) is 0 Å². The van der Waals surface area contributed by atoms with Gasteiger partial charge in [-0.2, -0.15) is 5.10 Å². The highest BCUT2D eigenvalue weighted by molar-refractivity contribution is 5.56. The van der Waals surface area contributed by atoms with Crippen LogP contribution in [0.1, 0.15) is 23.0 Å². The maximum Gasteiger partial charge on any atom is 0.152 e. The number of aliphatic hydroxyl groups is 1. The molecule has 0 aliphatic heterocycles. The SMILES string of the molecule is Cc1ccc(-c2[nH]ncc2CNCC(O)c2ccccc2)o1. The molecule has 22 heavy (non-hydrogen) atoms. The van der Waals surface area contributed by atoms with Crippen LogP contribution in [-0.4, -0.2) is 21.8 Å². The summed E-state index contributed by atoms with van der Waals surface area (Å²) in [5.41, 5.74) is 2.79. The number of hydrogen-bond acceptors (Lipinski definition) is 4. The Morgan fingerprint density at radius 2 is 2.05 bits per heavy atom. The third-order valence-corrected chi connectivity index (χ3v) is 3.54. The molecule has 0 aliphatic rings. The van der Waals surface area contributed by atoms with Crippen molar-refractivity contribution in [2.75, 3.05) is 6.54 Å². The number of aliphatic hydroxyl groups excluding tert-OH is 1. The van der Waals surface area contributed by atoms with Gasteiger partial charge < -0.3 is 14.8 Å². The third-order valence-electron chi connectivity index (χ3n) is 3.54. The lowest BCUT2D eigenvalue weighted by Crippen LogP contribution is -2.21. The predicted octanol–water partition coefficient (Wildman–Crippen LogP) is 2.80. The van der Waals surface area contributed by atoms with Crippen LogP contribution in [0.15, 0.2) is 53.1 Å². The van der Waals surface area contributed by atoms with Crippen molar-refractivity contribution in [2.45, 2.75) is 19.6 Å². The highest BCUT2D eigenvalue weighted by Crippen LogP contribution is 2.23. The second kappa shape index (κ2) is 6.60. The van der Waals surface area contributed by atoms with Crippen LogP contribution >= 0.6 is 0 Å². The largest absolute Gasteiger partial charge is 0.460 e. The number of hydrogen-bond donors (Lipinski definition) is 3. The number of nitrogens with one attached hydrogen (secondary N) is 2. The molecule has 0 amide bonds. The summed E-state index contributed by atoms with van der Waals surface area (Å²) in [6, 6.07) is 13.5. The molecular weight excluding hydrogens is 278 g/mol. The van der Waals surface area contributed by atoms with Crippen molar-refractivity contribution in [3.8, 4) is 11.5 Å². The molecule has 3 N–H and O–H groups in total. The number of benzene rings is 1. The summed E-state index contributed by atoms with van der Waals surface area (Å²) in [6.45, 7) is 3.00. The molecule has 1 atom stereocenters. The van der Waals surface area contributed by atoms with Crippen molar-refractivity contribution in [3.63, 3.8) is 0 Å². The molecule has 5 nitrogen and oxygen atoms in total. The molecular formula is C17H19N3O2. The van der Waals surface area contributed by atoms with Crippen LogP contribution in [0.3, 0.4) is 0 Å². The van der Waals surface area contributed by atoms with E-state index in [0.29, 0.717) is 13.1 Å². The molecule has 0 fully saturated rings. The average Bonchev–Trinajstić information content (AvgIpc) is 3.16. The summed E-state index contributed by atoms with van der Waals surface area (Å²) in [4.78, 5) is 0. The van der Waals surface area contributed by atoms with Crippen LogP contribution in [0, 0.1) is 6.92 Å². The molecule has 3 aromatic rings. The maximum absolute atomic E-state index is 10.1. The number of H-pyrrole nitrogens is 1. The smallest absolute Gasteiger partial charge is 0.152 e. The van der Waals surface area contributed by atoms with Gasteiger partial charge in [0.2, 0.25) is 0 Å². The molecule has 3 rings (SSSR count). The second-order valence-electron chi connectivity index (χ2n) is 5.24. The van der Waals surface area contributed by atoms with Crippen LogP contribution in [0.4, 0.5) is 0 Å². The lowest BCUT2D eigenvalue weighted by molar-refractivity contribution is 0.174. The van der Waals surface area contributed by atoms with Crippen LogP contribution < -0.4 is 5.32 Å². The van der Waals surface area contributed by atoms with Crippen molar-refractivity contribution in [1.82, 2.24) is 15.5 Å². The minimum atomic E-state index is -0.526. The minimum absolute atomic E-state index is 0.478. The highest BCUT2D eigenvalue weighted by Gasteiger charge is 2.12. The monoisotopic (exact) mass is 297 g/mol. The number of nitrogens with zero attached hydrogens (tertiary/aromatic N) is 1. The lowest BCUT2D eigenvalue weighted by atomic mass is 10.1. The number of aromatic nitrogens is 2. The Labute approximate surface area is 129 Å². The number of aryl methyl sites for hydroxylation is 1. The maximum atomic E-state index is 10.1. The van der Waals surface area contributed by atoms with Crippen molar-refractivity contribution < 1.29 is 9.52 Å². The molecule has 0 bridgehead atoms. The van der Waals surface area contributed by atoms with Gasteiger partial charge in [0.05, 0.1) is 12.3 Å². The fourth-order valence-corrected chi connectivity index (χ4v) is 2.36.